The Morgan fingerprint density at radius 1 is 1.29 bits per heavy atom. The zero-order valence-electron chi connectivity index (χ0n) is 10.8. The number of urea groups is 1. The van der Waals surface area contributed by atoms with Crippen LogP contribution in [-0.4, -0.2) is 41.4 Å². The van der Waals surface area contributed by atoms with E-state index in [4.69, 9.17) is 0 Å². The van der Waals surface area contributed by atoms with Crippen molar-refractivity contribution >= 4 is 17.8 Å². The first-order valence-corrected chi connectivity index (χ1v) is 6.29. The number of hydrogen-bond acceptors (Lipinski definition) is 3. The van der Waals surface area contributed by atoms with E-state index in [1.165, 1.54) is 4.90 Å². The summed E-state index contributed by atoms with van der Waals surface area (Å²) in [5, 5.41) is 4.61. The van der Waals surface area contributed by atoms with Crippen LogP contribution in [0.25, 0.3) is 0 Å². The van der Waals surface area contributed by atoms with E-state index in [-0.39, 0.29) is 25.1 Å². The van der Waals surface area contributed by atoms with E-state index in [2.05, 4.69) is 10.6 Å². The average molecular weight is 295 g/mol. The van der Waals surface area contributed by atoms with Gasteiger partial charge in [-0.3, -0.25) is 14.9 Å². The van der Waals surface area contributed by atoms with Gasteiger partial charge in [-0.15, -0.1) is 0 Å². The van der Waals surface area contributed by atoms with Crippen molar-refractivity contribution in [3.63, 3.8) is 0 Å². The number of amides is 4. The van der Waals surface area contributed by atoms with Crippen molar-refractivity contribution in [1.82, 2.24) is 15.5 Å². The van der Waals surface area contributed by atoms with Gasteiger partial charge in [0.05, 0.1) is 12.1 Å². The van der Waals surface area contributed by atoms with Crippen LogP contribution in [0, 0.1) is 11.6 Å². The zero-order chi connectivity index (χ0) is 15.2. The Morgan fingerprint density at radius 2 is 2.05 bits per heavy atom. The van der Waals surface area contributed by atoms with Gasteiger partial charge in [-0.05, 0) is 18.6 Å². The molecule has 0 saturated carbocycles. The first-order valence-electron chi connectivity index (χ1n) is 6.29. The summed E-state index contributed by atoms with van der Waals surface area (Å²) in [6.07, 6.45) is 0.249. The molecule has 1 aromatic rings. The summed E-state index contributed by atoms with van der Waals surface area (Å²) in [6, 6.07) is 2.07. The van der Waals surface area contributed by atoms with Crippen molar-refractivity contribution in [2.75, 3.05) is 13.1 Å². The van der Waals surface area contributed by atoms with Crippen molar-refractivity contribution < 1.29 is 23.2 Å². The molecule has 6 nitrogen and oxygen atoms in total. The number of nitrogens with one attached hydrogen (secondary N) is 2. The molecular weight excluding hydrogens is 284 g/mol. The number of carbonyl (C=O) groups excluding carboxylic acids is 3. The highest BCUT2D eigenvalue weighted by Crippen LogP contribution is 2.26. The molecule has 1 unspecified atom stereocenters. The Hall–Kier alpha value is -2.51. The molecule has 21 heavy (non-hydrogen) atoms. The molecule has 3 rings (SSSR count). The standard InChI is InChI=1S/C13H11F2N3O3/c14-7-1-2-8(9(15)5-7)10(19)18-4-3-13(6-18)11(20)16-12(21)17-13/h1-2,5H,3-4,6H2,(H2,16,17,20,21). The SMILES string of the molecule is O=C1NC(=O)C2(CCN(C(=O)c3ccc(F)cc3F)C2)N1. The third-order valence-corrected chi connectivity index (χ3v) is 3.73. The summed E-state index contributed by atoms with van der Waals surface area (Å²) in [5.74, 6) is -2.87. The number of carbonyl (C=O) groups is 3. The van der Waals surface area contributed by atoms with E-state index in [1.807, 2.05) is 0 Å². The predicted molar refractivity (Wildman–Crippen MR) is 66.3 cm³/mol. The van der Waals surface area contributed by atoms with Gasteiger partial charge in [0.25, 0.3) is 11.8 Å². The van der Waals surface area contributed by atoms with Gasteiger partial charge < -0.3 is 10.2 Å². The van der Waals surface area contributed by atoms with Crippen molar-refractivity contribution in [3.05, 3.63) is 35.4 Å². The maximum atomic E-state index is 13.6. The van der Waals surface area contributed by atoms with Gasteiger partial charge in [-0.25, -0.2) is 13.6 Å². The van der Waals surface area contributed by atoms with Gasteiger partial charge in [0.15, 0.2) is 0 Å². The lowest BCUT2D eigenvalue weighted by molar-refractivity contribution is -0.123. The van der Waals surface area contributed by atoms with Crippen molar-refractivity contribution in [1.29, 1.82) is 0 Å². The lowest BCUT2D eigenvalue weighted by Gasteiger charge is -2.21. The van der Waals surface area contributed by atoms with Crippen LogP contribution in [0.3, 0.4) is 0 Å². The summed E-state index contributed by atoms with van der Waals surface area (Å²) >= 11 is 0. The fourth-order valence-corrected chi connectivity index (χ4v) is 2.63. The van der Waals surface area contributed by atoms with Gasteiger partial charge in [-0.1, -0.05) is 0 Å². The highest BCUT2D eigenvalue weighted by molar-refractivity contribution is 6.08. The average Bonchev–Trinajstić information content (AvgIpc) is 2.94. The van der Waals surface area contributed by atoms with Crippen LogP contribution in [0.1, 0.15) is 16.8 Å². The van der Waals surface area contributed by atoms with E-state index in [0.29, 0.717) is 6.07 Å². The third kappa shape index (κ3) is 2.12. The quantitative estimate of drug-likeness (QED) is 0.736. The van der Waals surface area contributed by atoms with Crippen LogP contribution in [0.5, 0.6) is 0 Å². The zero-order valence-corrected chi connectivity index (χ0v) is 10.8. The molecule has 2 saturated heterocycles. The molecule has 0 bridgehead atoms. The summed E-state index contributed by atoms with van der Waals surface area (Å²) < 4.78 is 26.5. The molecule has 1 aromatic carbocycles. The number of nitrogens with zero attached hydrogens (tertiary/aromatic N) is 1. The second-order valence-corrected chi connectivity index (χ2v) is 5.09. The molecule has 4 amide bonds. The predicted octanol–water partition coefficient (Wildman–Crippen LogP) is 0.389. The van der Waals surface area contributed by atoms with E-state index in [9.17, 15) is 23.2 Å². The van der Waals surface area contributed by atoms with E-state index >= 15 is 0 Å². The third-order valence-electron chi connectivity index (χ3n) is 3.73. The van der Waals surface area contributed by atoms with E-state index in [1.54, 1.807) is 0 Å². The Labute approximate surface area is 118 Å². The van der Waals surface area contributed by atoms with E-state index < -0.39 is 35.0 Å². The second kappa shape index (κ2) is 4.51. The monoisotopic (exact) mass is 295 g/mol. The van der Waals surface area contributed by atoms with Gasteiger partial charge in [0, 0.05) is 12.6 Å². The number of benzene rings is 1. The van der Waals surface area contributed by atoms with Crippen LogP contribution in [0.4, 0.5) is 13.6 Å². The van der Waals surface area contributed by atoms with Gasteiger partial charge in [-0.2, -0.15) is 0 Å². The molecule has 2 N–H and O–H groups in total. The topological polar surface area (TPSA) is 78.5 Å². The summed E-state index contributed by atoms with van der Waals surface area (Å²) in [6.45, 7) is 0.156. The largest absolute Gasteiger partial charge is 0.336 e. The smallest absolute Gasteiger partial charge is 0.322 e. The van der Waals surface area contributed by atoms with Crippen LogP contribution in [0.15, 0.2) is 18.2 Å². The molecule has 2 heterocycles. The van der Waals surface area contributed by atoms with E-state index in [0.717, 1.165) is 12.1 Å². The minimum absolute atomic E-state index is 0.0414. The molecule has 0 radical (unpaired) electrons. The van der Waals surface area contributed by atoms with Crippen molar-refractivity contribution in [2.45, 2.75) is 12.0 Å². The second-order valence-electron chi connectivity index (χ2n) is 5.09. The number of hydrogen-bond donors (Lipinski definition) is 2. The molecule has 2 aliphatic heterocycles. The van der Waals surface area contributed by atoms with Crippen molar-refractivity contribution in [3.8, 4) is 0 Å². The maximum Gasteiger partial charge on any atom is 0.322 e. The number of halogens is 2. The minimum atomic E-state index is -1.15. The first-order chi connectivity index (χ1) is 9.91. The molecule has 1 atom stereocenters. The summed E-state index contributed by atoms with van der Waals surface area (Å²) in [7, 11) is 0. The fourth-order valence-electron chi connectivity index (χ4n) is 2.63. The summed E-state index contributed by atoms with van der Waals surface area (Å²) in [5.41, 5.74) is -1.42. The molecule has 8 heteroatoms. The number of likely N-dealkylation sites (tertiary alicyclic amines) is 1. The van der Waals surface area contributed by atoms with Gasteiger partial charge in [0.2, 0.25) is 0 Å². The Balaban J connectivity index is 1.82. The fraction of sp³-hybridized carbons (Fsp3) is 0.308. The Bertz CT molecular complexity index is 664. The molecular formula is C13H11F2N3O3. The highest BCUT2D eigenvalue weighted by atomic mass is 19.1. The molecule has 1 spiro atoms. The maximum absolute atomic E-state index is 13.6. The molecule has 0 aliphatic carbocycles. The molecule has 0 aromatic heterocycles. The highest BCUT2D eigenvalue weighted by Gasteiger charge is 2.51. The Kier molecular flexibility index (Phi) is 2.89. The van der Waals surface area contributed by atoms with Crippen molar-refractivity contribution in [2.24, 2.45) is 0 Å². The Morgan fingerprint density at radius 3 is 2.67 bits per heavy atom. The van der Waals surface area contributed by atoms with Crippen LogP contribution >= 0.6 is 0 Å². The van der Waals surface area contributed by atoms with Crippen LogP contribution in [-0.2, 0) is 4.79 Å². The van der Waals surface area contributed by atoms with Crippen LogP contribution < -0.4 is 10.6 Å². The lowest BCUT2D eigenvalue weighted by Crippen LogP contribution is -2.49. The number of rotatable bonds is 1. The normalized spacial score (nSPS) is 24.4. The van der Waals surface area contributed by atoms with Gasteiger partial charge in [0.1, 0.15) is 17.2 Å². The first kappa shape index (κ1) is 13.5. The molecule has 2 aliphatic rings. The lowest BCUT2D eigenvalue weighted by atomic mass is 9.99. The van der Waals surface area contributed by atoms with Crippen LogP contribution in [0.2, 0.25) is 0 Å². The summed E-state index contributed by atoms with van der Waals surface area (Å²) in [4.78, 5) is 36.5. The van der Waals surface area contributed by atoms with Gasteiger partial charge >= 0.3 is 6.03 Å². The number of imide groups is 1. The minimum Gasteiger partial charge on any atom is -0.336 e. The molecule has 2 fully saturated rings. The molecule has 110 valence electrons.